The molecule has 0 bridgehead atoms. The standard InChI is InChI=1S/C16H24N2O3S/c1-11-7-9-22-13(11)10-17-14(19)12-6-5-8-18(12)15(20)21-16(2,3)4/h7,9,12H,5-6,8,10H2,1-4H3,(H,17,19). The van der Waals surface area contributed by atoms with Crippen LogP contribution in [0.4, 0.5) is 4.79 Å². The van der Waals surface area contributed by atoms with E-state index >= 15 is 0 Å². The van der Waals surface area contributed by atoms with Crippen LogP contribution in [0.25, 0.3) is 0 Å². The Balaban J connectivity index is 1.93. The van der Waals surface area contributed by atoms with Gasteiger partial charge in [0.15, 0.2) is 0 Å². The van der Waals surface area contributed by atoms with Crippen molar-refractivity contribution >= 4 is 23.3 Å². The van der Waals surface area contributed by atoms with E-state index in [1.165, 1.54) is 5.56 Å². The number of amides is 2. The molecule has 1 aliphatic heterocycles. The maximum Gasteiger partial charge on any atom is 0.410 e. The van der Waals surface area contributed by atoms with Crippen molar-refractivity contribution in [2.45, 2.75) is 58.7 Å². The van der Waals surface area contributed by atoms with Crippen LogP contribution in [0.15, 0.2) is 11.4 Å². The van der Waals surface area contributed by atoms with Crippen LogP contribution in [0.5, 0.6) is 0 Å². The van der Waals surface area contributed by atoms with E-state index in [0.717, 1.165) is 11.3 Å². The van der Waals surface area contributed by atoms with Crippen LogP contribution in [0, 0.1) is 6.92 Å². The Morgan fingerprint density at radius 1 is 1.45 bits per heavy atom. The van der Waals surface area contributed by atoms with Gasteiger partial charge in [0.2, 0.25) is 5.91 Å². The van der Waals surface area contributed by atoms with Gasteiger partial charge >= 0.3 is 6.09 Å². The summed E-state index contributed by atoms with van der Waals surface area (Å²) in [6.45, 7) is 8.60. The summed E-state index contributed by atoms with van der Waals surface area (Å²) in [5.74, 6) is -0.101. The highest BCUT2D eigenvalue weighted by Crippen LogP contribution is 2.21. The smallest absolute Gasteiger partial charge is 0.410 e. The number of ether oxygens (including phenoxy) is 1. The third-order valence-corrected chi connectivity index (χ3v) is 4.60. The largest absolute Gasteiger partial charge is 0.444 e. The van der Waals surface area contributed by atoms with Gasteiger partial charge in [0.05, 0.1) is 6.54 Å². The van der Waals surface area contributed by atoms with Gasteiger partial charge < -0.3 is 10.1 Å². The first-order valence-electron chi connectivity index (χ1n) is 7.58. The molecule has 0 radical (unpaired) electrons. The van der Waals surface area contributed by atoms with E-state index in [2.05, 4.69) is 5.32 Å². The lowest BCUT2D eigenvalue weighted by Gasteiger charge is -2.28. The zero-order valence-corrected chi connectivity index (χ0v) is 14.5. The van der Waals surface area contributed by atoms with Gasteiger partial charge in [-0.3, -0.25) is 9.69 Å². The number of aryl methyl sites for hydroxylation is 1. The predicted octanol–water partition coefficient (Wildman–Crippen LogP) is 3.07. The molecule has 22 heavy (non-hydrogen) atoms. The Bertz CT molecular complexity index is 548. The molecule has 2 amide bonds. The van der Waals surface area contributed by atoms with Gasteiger partial charge in [-0.15, -0.1) is 11.3 Å². The molecule has 1 saturated heterocycles. The first-order valence-corrected chi connectivity index (χ1v) is 8.46. The average Bonchev–Trinajstić information content (AvgIpc) is 3.02. The number of thiophene rings is 1. The number of likely N-dealkylation sites (tertiary alicyclic amines) is 1. The van der Waals surface area contributed by atoms with Gasteiger partial charge in [-0.05, 0) is 57.5 Å². The lowest BCUT2D eigenvalue weighted by Crippen LogP contribution is -2.47. The van der Waals surface area contributed by atoms with Gasteiger partial charge in [0.25, 0.3) is 0 Å². The van der Waals surface area contributed by atoms with Gasteiger partial charge in [0, 0.05) is 11.4 Å². The Hall–Kier alpha value is -1.56. The fraction of sp³-hybridized carbons (Fsp3) is 0.625. The van der Waals surface area contributed by atoms with Crippen molar-refractivity contribution < 1.29 is 14.3 Å². The number of carbonyl (C=O) groups excluding carboxylic acids is 2. The molecule has 1 aromatic rings. The molecule has 5 nitrogen and oxygen atoms in total. The molecule has 1 atom stereocenters. The fourth-order valence-electron chi connectivity index (χ4n) is 2.45. The van der Waals surface area contributed by atoms with Crippen molar-refractivity contribution in [1.29, 1.82) is 0 Å². The minimum Gasteiger partial charge on any atom is -0.444 e. The number of carbonyl (C=O) groups is 2. The van der Waals surface area contributed by atoms with E-state index in [9.17, 15) is 9.59 Å². The van der Waals surface area contributed by atoms with E-state index in [0.29, 0.717) is 19.5 Å². The Morgan fingerprint density at radius 3 is 2.77 bits per heavy atom. The molecular formula is C16H24N2O3S. The highest BCUT2D eigenvalue weighted by Gasteiger charge is 2.36. The van der Waals surface area contributed by atoms with Gasteiger partial charge in [0.1, 0.15) is 11.6 Å². The predicted molar refractivity (Wildman–Crippen MR) is 86.9 cm³/mol. The Kier molecular flexibility index (Phi) is 5.11. The minimum atomic E-state index is -0.547. The SMILES string of the molecule is Cc1ccsc1CNC(=O)C1CCCN1C(=O)OC(C)(C)C. The van der Waals surface area contributed by atoms with E-state index in [-0.39, 0.29) is 5.91 Å². The second-order valence-electron chi connectivity index (χ2n) is 6.58. The zero-order valence-electron chi connectivity index (χ0n) is 13.6. The van der Waals surface area contributed by atoms with Crippen LogP contribution in [0.1, 0.15) is 44.1 Å². The molecule has 2 rings (SSSR count). The number of nitrogens with one attached hydrogen (secondary N) is 1. The van der Waals surface area contributed by atoms with Crippen molar-refractivity contribution in [3.8, 4) is 0 Å². The second kappa shape index (κ2) is 6.69. The molecule has 1 fully saturated rings. The third kappa shape index (κ3) is 4.22. The van der Waals surface area contributed by atoms with Crippen LogP contribution >= 0.6 is 11.3 Å². The third-order valence-electron chi connectivity index (χ3n) is 3.57. The van der Waals surface area contributed by atoms with E-state index < -0.39 is 17.7 Å². The van der Waals surface area contributed by atoms with Crippen molar-refractivity contribution in [1.82, 2.24) is 10.2 Å². The number of hydrogen-bond donors (Lipinski definition) is 1. The highest BCUT2D eigenvalue weighted by atomic mass is 32.1. The fourth-order valence-corrected chi connectivity index (χ4v) is 3.29. The summed E-state index contributed by atoms with van der Waals surface area (Å²) in [5, 5.41) is 4.95. The van der Waals surface area contributed by atoms with Gasteiger partial charge in [-0.1, -0.05) is 0 Å². The second-order valence-corrected chi connectivity index (χ2v) is 7.58. The molecule has 0 spiro atoms. The normalized spacial score (nSPS) is 18.4. The quantitative estimate of drug-likeness (QED) is 0.929. The molecule has 1 aromatic heterocycles. The summed E-state index contributed by atoms with van der Waals surface area (Å²) in [6.07, 6.45) is 1.11. The van der Waals surface area contributed by atoms with Crippen molar-refractivity contribution in [2.24, 2.45) is 0 Å². The maximum absolute atomic E-state index is 12.4. The van der Waals surface area contributed by atoms with Gasteiger partial charge in [-0.25, -0.2) is 4.79 Å². The van der Waals surface area contributed by atoms with E-state index in [1.807, 2.05) is 39.1 Å². The van der Waals surface area contributed by atoms with Gasteiger partial charge in [-0.2, -0.15) is 0 Å². The Labute approximate surface area is 135 Å². The van der Waals surface area contributed by atoms with E-state index in [4.69, 9.17) is 4.74 Å². The molecule has 0 aromatic carbocycles. The molecule has 0 saturated carbocycles. The summed E-state index contributed by atoms with van der Waals surface area (Å²) in [4.78, 5) is 27.3. The van der Waals surface area contributed by atoms with Crippen LogP contribution in [0.2, 0.25) is 0 Å². The van der Waals surface area contributed by atoms with Crippen molar-refractivity contribution in [2.75, 3.05) is 6.54 Å². The van der Waals surface area contributed by atoms with Crippen LogP contribution < -0.4 is 5.32 Å². The molecule has 0 aliphatic carbocycles. The number of nitrogens with zero attached hydrogens (tertiary/aromatic N) is 1. The molecular weight excluding hydrogens is 300 g/mol. The molecule has 122 valence electrons. The monoisotopic (exact) mass is 324 g/mol. The summed E-state index contributed by atoms with van der Waals surface area (Å²) in [5.41, 5.74) is 0.634. The molecule has 2 heterocycles. The maximum atomic E-state index is 12.4. The molecule has 1 aliphatic rings. The molecule has 1 N–H and O–H groups in total. The van der Waals surface area contributed by atoms with Crippen LogP contribution in [-0.2, 0) is 16.1 Å². The minimum absolute atomic E-state index is 0.101. The summed E-state index contributed by atoms with van der Waals surface area (Å²) in [7, 11) is 0. The number of rotatable bonds is 3. The molecule has 6 heteroatoms. The van der Waals surface area contributed by atoms with E-state index in [1.54, 1.807) is 16.2 Å². The van der Waals surface area contributed by atoms with Crippen LogP contribution in [-0.4, -0.2) is 35.1 Å². The van der Waals surface area contributed by atoms with Crippen molar-refractivity contribution in [3.05, 3.63) is 21.9 Å². The molecule has 1 unspecified atom stereocenters. The zero-order chi connectivity index (χ0) is 16.3. The average molecular weight is 324 g/mol. The number of hydrogen-bond acceptors (Lipinski definition) is 4. The first-order chi connectivity index (χ1) is 10.3. The summed E-state index contributed by atoms with van der Waals surface area (Å²) >= 11 is 1.63. The lowest BCUT2D eigenvalue weighted by atomic mass is 10.2. The summed E-state index contributed by atoms with van der Waals surface area (Å²) in [6, 6.07) is 1.62. The van der Waals surface area contributed by atoms with Crippen LogP contribution in [0.3, 0.4) is 0 Å². The topological polar surface area (TPSA) is 58.6 Å². The van der Waals surface area contributed by atoms with Crippen molar-refractivity contribution in [3.63, 3.8) is 0 Å². The highest BCUT2D eigenvalue weighted by molar-refractivity contribution is 7.10. The Morgan fingerprint density at radius 2 is 2.18 bits per heavy atom. The summed E-state index contributed by atoms with van der Waals surface area (Å²) < 4.78 is 5.38. The first kappa shape index (κ1) is 16.8. The lowest BCUT2D eigenvalue weighted by molar-refractivity contribution is -0.125.